The summed E-state index contributed by atoms with van der Waals surface area (Å²) in [5, 5.41) is 54.2. The first-order chi connectivity index (χ1) is 21.8. The molecule has 7 N–H and O–H groups in total. The van der Waals surface area contributed by atoms with Crippen LogP contribution in [0.3, 0.4) is 0 Å². The number of carbonyl (C=O) groups is 1. The van der Waals surface area contributed by atoms with Crippen molar-refractivity contribution in [3.63, 3.8) is 0 Å². The second-order valence-electron chi connectivity index (χ2n) is 18.3. The molecule has 5 aliphatic carbocycles. The minimum absolute atomic E-state index is 0.0258. The molecule has 0 aromatic rings. The molecule has 0 radical (unpaired) electrons. The maximum Gasteiger partial charge on any atom is 0.303 e. The van der Waals surface area contributed by atoms with Crippen LogP contribution >= 0.6 is 0 Å². The molecule has 0 bridgehead atoms. The zero-order valence-electron chi connectivity index (χ0n) is 29.2. The van der Waals surface area contributed by atoms with E-state index in [1.165, 1.54) is 6.92 Å². The van der Waals surface area contributed by atoms with Crippen LogP contribution in [-0.4, -0.2) is 104 Å². The Morgan fingerprint density at radius 1 is 0.979 bits per heavy atom. The molecule has 2 heterocycles. The zero-order chi connectivity index (χ0) is 34.3. The van der Waals surface area contributed by atoms with Gasteiger partial charge >= 0.3 is 5.97 Å². The maximum absolute atomic E-state index is 12.4. The van der Waals surface area contributed by atoms with Crippen molar-refractivity contribution in [1.29, 1.82) is 0 Å². The van der Waals surface area contributed by atoms with E-state index in [1.54, 1.807) is 13.8 Å². The third kappa shape index (κ3) is 4.53. The first-order valence-corrected chi connectivity index (χ1v) is 18.1. The van der Waals surface area contributed by atoms with Crippen LogP contribution in [0.1, 0.15) is 99.8 Å². The van der Waals surface area contributed by atoms with Gasteiger partial charge in [0.2, 0.25) is 0 Å². The third-order valence-corrected chi connectivity index (χ3v) is 15.3. The minimum atomic E-state index is -1.32. The smallest absolute Gasteiger partial charge is 0.303 e. The van der Waals surface area contributed by atoms with E-state index in [4.69, 9.17) is 24.7 Å². The summed E-state index contributed by atoms with van der Waals surface area (Å²) in [7, 11) is 0. The first-order valence-electron chi connectivity index (χ1n) is 18.1. The summed E-state index contributed by atoms with van der Waals surface area (Å²) < 4.78 is 24.4. The van der Waals surface area contributed by atoms with Crippen molar-refractivity contribution in [2.75, 3.05) is 6.61 Å². The number of nitrogens with two attached hydrogens (primary N) is 1. The Morgan fingerprint density at radius 3 is 2.30 bits per heavy atom. The van der Waals surface area contributed by atoms with Gasteiger partial charge in [-0.3, -0.25) is 4.79 Å². The highest BCUT2D eigenvalue weighted by Crippen LogP contribution is 2.87. The summed E-state index contributed by atoms with van der Waals surface area (Å²) in [6.45, 7) is 13.5. The van der Waals surface area contributed by atoms with E-state index in [0.29, 0.717) is 12.3 Å². The Morgan fingerprint density at radius 2 is 1.64 bits per heavy atom. The molecule has 5 saturated carbocycles. The zero-order valence-corrected chi connectivity index (χ0v) is 29.2. The van der Waals surface area contributed by atoms with Gasteiger partial charge in [-0.2, -0.15) is 0 Å². The van der Waals surface area contributed by atoms with Crippen molar-refractivity contribution in [2.24, 2.45) is 51.1 Å². The Labute approximate surface area is 278 Å². The van der Waals surface area contributed by atoms with Crippen molar-refractivity contribution in [2.45, 2.75) is 166 Å². The van der Waals surface area contributed by atoms with Gasteiger partial charge in [-0.15, -0.1) is 0 Å². The number of rotatable bonds is 5. The quantitative estimate of drug-likeness (QED) is 0.187. The highest BCUT2D eigenvalue weighted by Gasteiger charge is 2.85. The average Bonchev–Trinajstić information content (AvgIpc) is 3.61. The Bertz CT molecular complexity index is 1260. The molecule has 17 atom stereocenters. The van der Waals surface area contributed by atoms with Crippen molar-refractivity contribution >= 4 is 5.97 Å². The molecule has 7 aliphatic rings. The lowest BCUT2D eigenvalue weighted by atomic mass is 9.43. The van der Waals surface area contributed by atoms with Gasteiger partial charge in [-0.05, 0) is 111 Å². The van der Waals surface area contributed by atoms with Crippen LogP contribution in [0.2, 0.25) is 0 Å². The van der Waals surface area contributed by atoms with Crippen molar-refractivity contribution < 1.29 is 49.3 Å². The van der Waals surface area contributed by atoms with Gasteiger partial charge in [0.15, 0.2) is 12.4 Å². The average molecular weight is 666 g/mol. The number of carbonyl (C=O) groups excluding carboxylic acids is 1. The number of ether oxygens (including phenoxy) is 4. The fraction of sp³-hybridized carbons (Fsp3) is 0.972. The lowest BCUT2D eigenvalue weighted by molar-refractivity contribution is -0.302. The molecule has 7 fully saturated rings. The monoisotopic (exact) mass is 665 g/mol. The van der Waals surface area contributed by atoms with Gasteiger partial charge in [0.05, 0.1) is 42.2 Å². The van der Waals surface area contributed by atoms with Gasteiger partial charge in [-0.25, -0.2) is 0 Å². The number of fused-ring (bicyclic) bond motifs is 4. The van der Waals surface area contributed by atoms with E-state index in [1.807, 2.05) is 0 Å². The number of hydrogen-bond acceptors (Lipinski definition) is 11. The molecule has 0 aromatic carbocycles. The number of aliphatic hydroxyl groups excluding tert-OH is 4. The summed E-state index contributed by atoms with van der Waals surface area (Å²) in [4.78, 5) is 12.0. The van der Waals surface area contributed by atoms with E-state index in [9.17, 15) is 30.3 Å². The van der Waals surface area contributed by atoms with Gasteiger partial charge < -0.3 is 50.2 Å². The summed E-state index contributed by atoms with van der Waals surface area (Å²) in [6.07, 6.45) is -0.467. The Kier molecular flexibility index (Phi) is 7.95. The topological polar surface area (TPSA) is 181 Å². The normalized spacial score (nSPS) is 55.4. The maximum atomic E-state index is 12.4. The number of hydrogen-bond donors (Lipinski definition) is 6. The van der Waals surface area contributed by atoms with Gasteiger partial charge in [0, 0.05) is 6.92 Å². The Balaban J connectivity index is 1.14. The fourth-order valence-electron chi connectivity index (χ4n) is 13.3. The predicted octanol–water partition coefficient (Wildman–Crippen LogP) is 2.02. The van der Waals surface area contributed by atoms with Crippen molar-refractivity contribution in [1.82, 2.24) is 0 Å². The molecule has 2 aliphatic heterocycles. The van der Waals surface area contributed by atoms with Crippen LogP contribution in [0.5, 0.6) is 0 Å². The summed E-state index contributed by atoms with van der Waals surface area (Å²) in [5.41, 5.74) is 5.11. The van der Waals surface area contributed by atoms with Crippen LogP contribution in [0.4, 0.5) is 0 Å². The summed E-state index contributed by atoms with van der Waals surface area (Å²) >= 11 is 0. The molecule has 5 unspecified atom stereocenters. The molecule has 0 aromatic heterocycles. The second kappa shape index (κ2) is 10.8. The number of esters is 1. The molecule has 268 valence electrons. The third-order valence-electron chi connectivity index (χ3n) is 15.3. The molecule has 0 amide bonds. The van der Waals surface area contributed by atoms with E-state index in [0.717, 1.165) is 44.9 Å². The van der Waals surface area contributed by atoms with Gasteiger partial charge in [-0.1, -0.05) is 27.7 Å². The lowest BCUT2D eigenvalue weighted by Gasteiger charge is -2.63. The highest BCUT2D eigenvalue weighted by molar-refractivity contribution is 5.66. The van der Waals surface area contributed by atoms with Crippen molar-refractivity contribution in [3.05, 3.63) is 0 Å². The molecule has 2 saturated heterocycles. The Hall–Kier alpha value is -0.890. The standard InChI is InChI=1S/C36H59NO10/c1-17-14-20(29(32(5,6)43)45-18(2)38)46-27-24(17)33(7)12-13-35-16-34(35)11-10-23(47-30-26(41)25(40)19(39)15-44-30)31(3,4)21(34)8-9-22(35)36(33,37)28(27)42/h17,19-30,39-43H,8-16,37H2,1-7H3/t17-,19?,20?,21+,22?,23+,24+,25+,26-,27?,28+,29+,30+,33-,34?,35+,36+/m1/s1. The van der Waals surface area contributed by atoms with E-state index in [-0.39, 0.29) is 52.1 Å². The van der Waals surface area contributed by atoms with E-state index < -0.39 is 66.1 Å². The fourth-order valence-corrected chi connectivity index (χ4v) is 13.3. The molecule has 2 spiro atoms. The largest absolute Gasteiger partial charge is 0.457 e. The van der Waals surface area contributed by atoms with Crippen LogP contribution in [-0.2, 0) is 23.7 Å². The van der Waals surface area contributed by atoms with Gasteiger partial charge in [0.1, 0.15) is 18.3 Å². The summed E-state index contributed by atoms with van der Waals surface area (Å²) in [6, 6.07) is 0. The number of aliphatic hydroxyl groups is 5. The SMILES string of the molecule is CC(=O)O[C@@H](C1C[C@@H](C)[C@H]2C(O1)[C@H](O)[C@@]1(N)C3CC[C@H]4C(C)(C)[C@@H](O[C@@H]5OCC(O)[C@H](O)[C@H]5O)CCC45C[C@@]35CC[C@]21C)C(C)(C)O. The van der Waals surface area contributed by atoms with Crippen LogP contribution in [0, 0.1) is 45.3 Å². The highest BCUT2D eigenvalue weighted by atomic mass is 16.7. The predicted molar refractivity (Wildman–Crippen MR) is 169 cm³/mol. The first kappa shape index (κ1) is 34.6. The molecule has 47 heavy (non-hydrogen) atoms. The molecular weight excluding hydrogens is 606 g/mol. The molecule has 11 nitrogen and oxygen atoms in total. The lowest BCUT2D eigenvalue weighted by Crippen LogP contribution is -2.70. The van der Waals surface area contributed by atoms with Crippen LogP contribution in [0.15, 0.2) is 0 Å². The molecule has 7 rings (SSSR count). The van der Waals surface area contributed by atoms with Gasteiger partial charge in [0.25, 0.3) is 0 Å². The van der Waals surface area contributed by atoms with Crippen LogP contribution in [0.25, 0.3) is 0 Å². The van der Waals surface area contributed by atoms with E-state index in [2.05, 4.69) is 27.7 Å². The second-order valence-corrected chi connectivity index (χ2v) is 18.3. The molecule has 11 heteroatoms. The summed E-state index contributed by atoms with van der Waals surface area (Å²) in [5.74, 6) is 0.210. The minimum Gasteiger partial charge on any atom is -0.457 e. The molecular formula is C36H59NO10. The van der Waals surface area contributed by atoms with Crippen LogP contribution < -0.4 is 5.73 Å². The van der Waals surface area contributed by atoms with Crippen molar-refractivity contribution in [3.8, 4) is 0 Å². The van der Waals surface area contributed by atoms with E-state index >= 15 is 0 Å².